The molecule has 0 amide bonds. The number of imidazole rings is 1. The van der Waals surface area contributed by atoms with Gasteiger partial charge in [-0.15, -0.1) is 11.6 Å². The molecule has 1 fully saturated rings. The van der Waals surface area contributed by atoms with Crippen LogP contribution in [0.2, 0.25) is 0 Å². The molecular weight excluding hydrogens is 246 g/mol. The maximum Gasteiger partial charge on any atom is 0.137 e. The van der Waals surface area contributed by atoms with Crippen LogP contribution in [0.3, 0.4) is 0 Å². The van der Waals surface area contributed by atoms with E-state index >= 15 is 0 Å². The predicted molar refractivity (Wildman–Crippen MR) is 73.9 cm³/mol. The highest BCUT2D eigenvalue weighted by Crippen LogP contribution is 2.21. The van der Waals surface area contributed by atoms with Gasteiger partial charge in [-0.2, -0.15) is 0 Å². The van der Waals surface area contributed by atoms with E-state index in [0.717, 1.165) is 36.1 Å². The van der Waals surface area contributed by atoms with Crippen LogP contribution in [0, 0.1) is 5.92 Å². The molecule has 0 N–H and O–H groups in total. The second-order valence-corrected chi connectivity index (χ2v) is 5.44. The molecule has 3 nitrogen and oxygen atoms in total. The molecule has 1 aliphatic rings. The fourth-order valence-corrected chi connectivity index (χ4v) is 3.05. The Bertz CT molecular complexity index is 489. The van der Waals surface area contributed by atoms with Crippen molar-refractivity contribution in [2.45, 2.75) is 19.4 Å². The first kappa shape index (κ1) is 12.0. The Kier molecular flexibility index (Phi) is 3.52. The summed E-state index contributed by atoms with van der Waals surface area (Å²) in [4.78, 5) is 7.13. The Morgan fingerprint density at radius 1 is 1.39 bits per heavy atom. The third-order valence-electron chi connectivity index (χ3n) is 3.69. The van der Waals surface area contributed by atoms with Gasteiger partial charge in [0.25, 0.3) is 0 Å². The number of halogens is 1. The Morgan fingerprint density at radius 3 is 3.17 bits per heavy atom. The van der Waals surface area contributed by atoms with Crippen molar-refractivity contribution in [1.82, 2.24) is 14.3 Å². The first-order valence-corrected chi connectivity index (χ1v) is 7.09. The van der Waals surface area contributed by atoms with E-state index in [1.54, 1.807) is 0 Å². The normalized spacial score (nSPS) is 20.8. The molecule has 18 heavy (non-hydrogen) atoms. The average Bonchev–Trinajstić information content (AvgIpc) is 2.96. The summed E-state index contributed by atoms with van der Waals surface area (Å²) in [5, 5.41) is 0. The molecule has 1 unspecified atom stereocenters. The number of alkyl halides is 1. The first-order chi connectivity index (χ1) is 8.85. The van der Waals surface area contributed by atoms with E-state index in [1.807, 2.05) is 24.4 Å². The summed E-state index contributed by atoms with van der Waals surface area (Å²) >= 11 is 5.81. The van der Waals surface area contributed by atoms with Gasteiger partial charge in [0.2, 0.25) is 0 Å². The van der Waals surface area contributed by atoms with Gasteiger partial charge in [0.05, 0.1) is 5.69 Å². The summed E-state index contributed by atoms with van der Waals surface area (Å²) in [6, 6.07) is 6.10. The van der Waals surface area contributed by atoms with Gasteiger partial charge in [-0.05, 0) is 37.4 Å². The molecule has 0 saturated carbocycles. The molecule has 0 spiro atoms. The number of nitrogens with zero attached hydrogens (tertiary/aromatic N) is 3. The van der Waals surface area contributed by atoms with Gasteiger partial charge in [-0.25, -0.2) is 4.98 Å². The Balaban J connectivity index is 1.66. The van der Waals surface area contributed by atoms with Crippen molar-refractivity contribution in [1.29, 1.82) is 0 Å². The minimum Gasteiger partial charge on any atom is -0.307 e. The minimum absolute atomic E-state index is 0.777. The van der Waals surface area contributed by atoms with Crippen molar-refractivity contribution >= 4 is 17.2 Å². The number of likely N-dealkylation sites (tertiary alicyclic amines) is 1. The van der Waals surface area contributed by atoms with Crippen LogP contribution in [-0.2, 0) is 6.54 Å². The molecule has 0 bridgehead atoms. The lowest BCUT2D eigenvalue weighted by molar-refractivity contribution is 0.312. The van der Waals surface area contributed by atoms with Gasteiger partial charge >= 0.3 is 0 Å². The standard InChI is InChI=1S/C14H18ClN3/c15-6-4-12-5-8-17(9-12)10-13-11-18-7-2-1-3-14(18)16-13/h1-3,7,11-12H,4-6,8-10H2. The third-order valence-corrected chi connectivity index (χ3v) is 3.91. The molecule has 0 radical (unpaired) electrons. The molecular formula is C14H18ClN3. The summed E-state index contributed by atoms with van der Waals surface area (Å²) in [5.74, 6) is 1.56. The van der Waals surface area contributed by atoms with E-state index in [9.17, 15) is 0 Å². The van der Waals surface area contributed by atoms with Crippen LogP contribution in [0.1, 0.15) is 18.5 Å². The highest BCUT2D eigenvalue weighted by molar-refractivity contribution is 6.17. The Hall–Kier alpha value is -1.06. The SMILES string of the molecule is ClCCC1CCN(Cc2cn3ccccc3n2)C1. The van der Waals surface area contributed by atoms with Gasteiger partial charge < -0.3 is 4.40 Å². The number of aromatic nitrogens is 2. The van der Waals surface area contributed by atoms with Gasteiger partial charge in [0.1, 0.15) is 5.65 Å². The predicted octanol–water partition coefficient (Wildman–Crippen LogP) is 2.79. The van der Waals surface area contributed by atoms with E-state index < -0.39 is 0 Å². The molecule has 1 aliphatic heterocycles. The van der Waals surface area contributed by atoms with Crippen LogP contribution in [0.25, 0.3) is 5.65 Å². The fraction of sp³-hybridized carbons (Fsp3) is 0.500. The minimum atomic E-state index is 0.777. The van der Waals surface area contributed by atoms with Crippen LogP contribution >= 0.6 is 11.6 Å². The van der Waals surface area contributed by atoms with E-state index in [4.69, 9.17) is 11.6 Å². The van der Waals surface area contributed by atoms with E-state index in [1.165, 1.54) is 19.5 Å². The Labute approximate surface area is 112 Å². The molecule has 1 saturated heterocycles. The zero-order valence-corrected chi connectivity index (χ0v) is 11.2. The second-order valence-electron chi connectivity index (χ2n) is 5.07. The van der Waals surface area contributed by atoms with Gasteiger partial charge in [-0.3, -0.25) is 4.90 Å². The molecule has 0 aromatic carbocycles. The summed E-state index contributed by atoms with van der Waals surface area (Å²) in [5.41, 5.74) is 2.19. The van der Waals surface area contributed by atoms with Crippen LogP contribution in [0.4, 0.5) is 0 Å². The van der Waals surface area contributed by atoms with Crippen LogP contribution in [-0.4, -0.2) is 33.3 Å². The van der Waals surface area contributed by atoms with Crippen molar-refractivity contribution < 1.29 is 0 Å². The largest absolute Gasteiger partial charge is 0.307 e. The van der Waals surface area contributed by atoms with E-state index in [0.29, 0.717) is 0 Å². The molecule has 96 valence electrons. The lowest BCUT2D eigenvalue weighted by Crippen LogP contribution is -2.20. The summed E-state index contributed by atoms with van der Waals surface area (Å²) in [6.07, 6.45) is 6.60. The highest BCUT2D eigenvalue weighted by atomic mass is 35.5. The summed E-state index contributed by atoms with van der Waals surface area (Å²) in [6.45, 7) is 3.30. The molecule has 3 heterocycles. The van der Waals surface area contributed by atoms with Crippen LogP contribution in [0.15, 0.2) is 30.6 Å². The first-order valence-electron chi connectivity index (χ1n) is 6.56. The van der Waals surface area contributed by atoms with Crippen molar-refractivity contribution in [3.63, 3.8) is 0 Å². The molecule has 3 rings (SSSR count). The lowest BCUT2D eigenvalue weighted by Gasteiger charge is -2.13. The molecule has 1 atom stereocenters. The fourth-order valence-electron chi connectivity index (χ4n) is 2.74. The maximum atomic E-state index is 5.81. The smallest absolute Gasteiger partial charge is 0.137 e. The zero-order chi connectivity index (χ0) is 12.4. The Morgan fingerprint density at radius 2 is 2.33 bits per heavy atom. The summed E-state index contributed by atoms with van der Waals surface area (Å²) in [7, 11) is 0. The average molecular weight is 264 g/mol. The van der Waals surface area contributed by atoms with Crippen molar-refractivity contribution in [3.05, 3.63) is 36.3 Å². The van der Waals surface area contributed by atoms with Crippen molar-refractivity contribution in [2.24, 2.45) is 5.92 Å². The topological polar surface area (TPSA) is 20.5 Å². The lowest BCUT2D eigenvalue weighted by atomic mass is 10.1. The molecule has 4 heteroatoms. The molecule has 2 aromatic rings. The van der Waals surface area contributed by atoms with Crippen LogP contribution in [0.5, 0.6) is 0 Å². The monoisotopic (exact) mass is 263 g/mol. The molecule has 2 aromatic heterocycles. The number of rotatable bonds is 4. The second kappa shape index (κ2) is 5.29. The van der Waals surface area contributed by atoms with Crippen molar-refractivity contribution in [2.75, 3.05) is 19.0 Å². The van der Waals surface area contributed by atoms with Crippen molar-refractivity contribution in [3.8, 4) is 0 Å². The number of hydrogen-bond acceptors (Lipinski definition) is 2. The number of hydrogen-bond donors (Lipinski definition) is 0. The third kappa shape index (κ3) is 2.52. The van der Waals surface area contributed by atoms with Gasteiger partial charge in [-0.1, -0.05) is 6.07 Å². The van der Waals surface area contributed by atoms with Crippen LogP contribution < -0.4 is 0 Å². The van der Waals surface area contributed by atoms with E-state index in [2.05, 4.69) is 20.5 Å². The zero-order valence-electron chi connectivity index (χ0n) is 10.4. The molecule has 0 aliphatic carbocycles. The summed E-state index contributed by atoms with van der Waals surface area (Å²) < 4.78 is 2.08. The quantitative estimate of drug-likeness (QED) is 0.791. The maximum absolute atomic E-state index is 5.81. The van der Waals surface area contributed by atoms with E-state index in [-0.39, 0.29) is 0 Å². The number of fused-ring (bicyclic) bond motifs is 1. The van der Waals surface area contributed by atoms with Gasteiger partial charge in [0, 0.05) is 31.4 Å². The highest BCUT2D eigenvalue weighted by Gasteiger charge is 2.22. The number of pyridine rings is 1. The van der Waals surface area contributed by atoms with Gasteiger partial charge in [0.15, 0.2) is 0 Å².